The van der Waals surface area contributed by atoms with Gasteiger partial charge in [-0.25, -0.2) is 9.07 Å². The van der Waals surface area contributed by atoms with Crippen molar-refractivity contribution in [2.24, 2.45) is 0 Å². The molecule has 0 unspecified atom stereocenters. The molecule has 3 rings (SSSR count). The van der Waals surface area contributed by atoms with Crippen LogP contribution in [-0.2, 0) is 11.3 Å². The molecule has 1 heterocycles. The highest BCUT2D eigenvalue weighted by molar-refractivity contribution is 5.43. The number of halogens is 1. The molecule has 3 aromatic rings. The standard InChI is InChI=1S/C21H24FN3O2/c1-15(14-26-3)23-13-20-16(2)24-25(18-7-5-4-6-8-18)21(20)27-19-11-9-17(22)10-12-19/h4-12,15,23H,13-14H2,1-3H3/t15-/m1/s1. The van der Waals surface area contributed by atoms with E-state index in [-0.39, 0.29) is 11.9 Å². The van der Waals surface area contributed by atoms with Crippen molar-refractivity contribution in [2.75, 3.05) is 13.7 Å². The van der Waals surface area contributed by atoms with Gasteiger partial charge in [-0.3, -0.25) is 0 Å². The van der Waals surface area contributed by atoms with E-state index in [1.807, 2.05) is 37.3 Å². The second-order valence-electron chi connectivity index (χ2n) is 6.41. The molecule has 6 heteroatoms. The normalized spacial score (nSPS) is 12.1. The van der Waals surface area contributed by atoms with E-state index in [1.54, 1.807) is 23.9 Å². The lowest BCUT2D eigenvalue weighted by Gasteiger charge is -2.14. The van der Waals surface area contributed by atoms with E-state index in [1.165, 1.54) is 12.1 Å². The van der Waals surface area contributed by atoms with Crippen LogP contribution in [0.1, 0.15) is 18.2 Å². The SMILES string of the molecule is COC[C@@H](C)NCc1c(C)nn(-c2ccccc2)c1Oc1ccc(F)cc1. The van der Waals surface area contributed by atoms with Crippen LogP contribution in [-0.4, -0.2) is 29.5 Å². The minimum absolute atomic E-state index is 0.188. The van der Waals surface area contributed by atoms with Crippen molar-refractivity contribution in [1.82, 2.24) is 15.1 Å². The fourth-order valence-electron chi connectivity index (χ4n) is 2.79. The lowest BCUT2D eigenvalue weighted by molar-refractivity contribution is 0.171. The van der Waals surface area contributed by atoms with Gasteiger partial charge in [0.1, 0.15) is 11.6 Å². The largest absolute Gasteiger partial charge is 0.439 e. The first kappa shape index (κ1) is 19.1. The highest BCUT2D eigenvalue weighted by atomic mass is 19.1. The highest BCUT2D eigenvalue weighted by Crippen LogP contribution is 2.30. The Morgan fingerprint density at radius 3 is 2.48 bits per heavy atom. The van der Waals surface area contributed by atoms with Gasteiger partial charge in [-0.1, -0.05) is 18.2 Å². The summed E-state index contributed by atoms with van der Waals surface area (Å²) in [5.41, 5.74) is 2.72. The van der Waals surface area contributed by atoms with Gasteiger partial charge in [-0.05, 0) is 50.2 Å². The summed E-state index contributed by atoms with van der Waals surface area (Å²) in [6.07, 6.45) is 0. The molecule has 0 amide bonds. The summed E-state index contributed by atoms with van der Waals surface area (Å²) >= 11 is 0. The predicted molar refractivity (Wildman–Crippen MR) is 103 cm³/mol. The zero-order valence-electron chi connectivity index (χ0n) is 15.8. The molecule has 2 aromatic carbocycles. The van der Waals surface area contributed by atoms with E-state index in [0.29, 0.717) is 24.8 Å². The van der Waals surface area contributed by atoms with Gasteiger partial charge in [0.15, 0.2) is 0 Å². The van der Waals surface area contributed by atoms with Crippen LogP contribution in [0.25, 0.3) is 5.69 Å². The number of benzene rings is 2. The Labute approximate surface area is 158 Å². The maximum atomic E-state index is 13.2. The molecule has 0 saturated carbocycles. The lowest BCUT2D eigenvalue weighted by atomic mass is 10.2. The van der Waals surface area contributed by atoms with Crippen LogP contribution >= 0.6 is 0 Å². The third-order valence-electron chi connectivity index (χ3n) is 4.21. The fourth-order valence-corrected chi connectivity index (χ4v) is 2.79. The molecule has 1 aromatic heterocycles. The van der Waals surface area contributed by atoms with Crippen LogP contribution in [0, 0.1) is 12.7 Å². The van der Waals surface area contributed by atoms with Crippen LogP contribution < -0.4 is 10.1 Å². The molecule has 5 nitrogen and oxygen atoms in total. The van der Waals surface area contributed by atoms with Crippen molar-refractivity contribution in [1.29, 1.82) is 0 Å². The zero-order valence-corrected chi connectivity index (χ0v) is 15.8. The van der Waals surface area contributed by atoms with E-state index in [4.69, 9.17) is 9.47 Å². The number of aromatic nitrogens is 2. The lowest BCUT2D eigenvalue weighted by Crippen LogP contribution is -2.29. The molecule has 1 N–H and O–H groups in total. The topological polar surface area (TPSA) is 48.3 Å². The van der Waals surface area contributed by atoms with Gasteiger partial charge in [0, 0.05) is 19.7 Å². The number of nitrogens with zero attached hydrogens (tertiary/aromatic N) is 2. The average Bonchev–Trinajstić information content (AvgIpc) is 2.98. The fraction of sp³-hybridized carbons (Fsp3) is 0.286. The van der Waals surface area contributed by atoms with Gasteiger partial charge in [0.25, 0.3) is 0 Å². The minimum Gasteiger partial charge on any atom is -0.439 e. The number of nitrogens with one attached hydrogen (secondary N) is 1. The molecule has 0 spiro atoms. The van der Waals surface area contributed by atoms with Crippen LogP contribution in [0.2, 0.25) is 0 Å². The van der Waals surface area contributed by atoms with Gasteiger partial charge in [-0.2, -0.15) is 5.10 Å². The summed E-state index contributed by atoms with van der Waals surface area (Å²) in [6.45, 7) is 5.20. The van der Waals surface area contributed by atoms with E-state index in [9.17, 15) is 4.39 Å². The van der Waals surface area contributed by atoms with Crippen molar-refractivity contribution in [3.05, 3.63) is 71.7 Å². The first-order valence-electron chi connectivity index (χ1n) is 8.88. The molecule has 142 valence electrons. The van der Waals surface area contributed by atoms with Crippen LogP contribution in [0.5, 0.6) is 11.6 Å². The van der Waals surface area contributed by atoms with Gasteiger partial charge in [0.05, 0.1) is 23.6 Å². The Balaban J connectivity index is 1.96. The molecule has 0 saturated heterocycles. The Hall–Kier alpha value is -2.70. The van der Waals surface area contributed by atoms with E-state index < -0.39 is 0 Å². The molecule has 0 fully saturated rings. The Bertz CT molecular complexity index is 863. The van der Waals surface area contributed by atoms with Gasteiger partial charge >= 0.3 is 0 Å². The van der Waals surface area contributed by atoms with Crippen molar-refractivity contribution in [3.63, 3.8) is 0 Å². The number of ether oxygens (including phenoxy) is 2. The predicted octanol–water partition coefficient (Wildman–Crippen LogP) is 4.24. The maximum Gasteiger partial charge on any atom is 0.227 e. The van der Waals surface area contributed by atoms with Crippen LogP contribution in [0.3, 0.4) is 0 Å². The number of rotatable bonds is 8. The summed E-state index contributed by atoms with van der Waals surface area (Å²) < 4.78 is 26.3. The van der Waals surface area contributed by atoms with Gasteiger partial charge in [-0.15, -0.1) is 0 Å². The second kappa shape index (κ2) is 8.79. The summed E-state index contributed by atoms with van der Waals surface area (Å²) in [4.78, 5) is 0. The Morgan fingerprint density at radius 1 is 1.11 bits per heavy atom. The van der Waals surface area contributed by atoms with E-state index >= 15 is 0 Å². The number of hydrogen-bond donors (Lipinski definition) is 1. The van der Waals surface area contributed by atoms with E-state index in [2.05, 4.69) is 17.3 Å². The van der Waals surface area contributed by atoms with Crippen molar-refractivity contribution < 1.29 is 13.9 Å². The third-order valence-corrected chi connectivity index (χ3v) is 4.21. The summed E-state index contributed by atoms with van der Waals surface area (Å²) in [5.74, 6) is 0.868. The highest BCUT2D eigenvalue weighted by Gasteiger charge is 2.19. The average molecular weight is 369 g/mol. The van der Waals surface area contributed by atoms with Gasteiger partial charge in [0.2, 0.25) is 5.88 Å². The second-order valence-corrected chi connectivity index (χ2v) is 6.41. The van der Waals surface area contributed by atoms with Gasteiger partial charge < -0.3 is 14.8 Å². The van der Waals surface area contributed by atoms with Crippen LogP contribution in [0.4, 0.5) is 4.39 Å². The number of hydrogen-bond acceptors (Lipinski definition) is 4. The smallest absolute Gasteiger partial charge is 0.227 e. The third kappa shape index (κ3) is 4.72. The molecule has 0 aliphatic rings. The number of methoxy groups -OCH3 is 1. The molecule has 0 aliphatic heterocycles. The molecule has 1 atom stereocenters. The molecular formula is C21H24FN3O2. The van der Waals surface area contributed by atoms with Crippen LogP contribution in [0.15, 0.2) is 54.6 Å². The number of aryl methyl sites for hydroxylation is 1. The summed E-state index contributed by atoms with van der Waals surface area (Å²) in [5, 5.41) is 8.09. The minimum atomic E-state index is -0.301. The molecule has 27 heavy (non-hydrogen) atoms. The summed E-state index contributed by atoms with van der Waals surface area (Å²) in [7, 11) is 1.68. The first-order chi connectivity index (χ1) is 13.1. The van der Waals surface area contributed by atoms with Crippen molar-refractivity contribution in [3.8, 4) is 17.3 Å². The quantitative estimate of drug-likeness (QED) is 0.645. The molecule has 0 aliphatic carbocycles. The van der Waals surface area contributed by atoms with E-state index in [0.717, 1.165) is 16.9 Å². The summed E-state index contributed by atoms with van der Waals surface area (Å²) in [6, 6.07) is 16.0. The molecule has 0 bridgehead atoms. The maximum absolute atomic E-state index is 13.2. The zero-order chi connectivity index (χ0) is 19.2. The Kier molecular flexibility index (Phi) is 6.21. The van der Waals surface area contributed by atoms with Crippen molar-refractivity contribution >= 4 is 0 Å². The monoisotopic (exact) mass is 369 g/mol. The molecular weight excluding hydrogens is 345 g/mol. The Morgan fingerprint density at radius 2 is 1.81 bits per heavy atom. The molecule has 0 radical (unpaired) electrons. The number of para-hydroxylation sites is 1. The first-order valence-corrected chi connectivity index (χ1v) is 8.88. The van der Waals surface area contributed by atoms with Crippen molar-refractivity contribution in [2.45, 2.75) is 26.4 Å².